The lowest BCUT2D eigenvalue weighted by Crippen LogP contribution is -2.36. The third-order valence-electron chi connectivity index (χ3n) is 2.39. The number of hydrogen-bond donors (Lipinski definition) is 1. The van der Waals surface area contributed by atoms with Crippen LogP contribution in [0.15, 0.2) is 12.1 Å². The molecule has 2 N–H and O–H groups in total. The van der Waals surface area contributed by atoms with E-state index in [0.29, 0.717) is 4.34 Å². The monoisotopic (exact) mass is 283 g/mol. The maximum Gasteiger partial charge on any atom is 0.313 e. The molecule has 6 heteroatoms. The maximum absolute atomic E-state index is 11.5. The first-order valence-corrected chi connectivity index (χ1v) is 5.68. The van der Waals surface area contributed by atoms with Crippen molar-refractivity contribution in [2.45, 2.75) is 19.9 Å². The zero-order valence-corrected chi connectivity index (χ0v) is 11.7. The summed E-state index contributed by atoms with van der Waals surface area (Å²) in [6.07, 6.45) is 0. The van der Waals surface area contributed by atoms with E-state index in [9.17, 15) is 4.79 Å². The lowest BCUT2D eigenvalue weighted by molar-refractivity contribution is -0.152. The Morgan fingerprint density at radius 1 is 1.56 bits per heavy atom. The van der Waals surface area contributed by atoms with E-state index >= 15 is 0 Å². The second-order valence-corrected chi connectivity index (χ2v) is 5.58. The summed E-state index contributed by atoms with van der Waals surface area (Å²) in [5.41, 5.74) is 5.27. The molecule has 0 aliphatic carbocycles. The quantitative estimate of drug-likeness (QED) is 0.868. The minimum Gasteiger partial charge on any atom is -0.469 e. The highest BCUT2D eigenvalue weighted by Crippen LogP contribution is 2.37. The highest BCUT2D eigenvalue weighted by atomic mass is 35.5. The van der Waals surface area contributed by atoms with Crippen LogP contribution >= 0.6 is 35.3 Å². The van der Waals surface area contributed by atoms with Crippen LogP contribution in [0, 0.1) is 5.41 Å². The molecule has 0 saturated heterocycles. The van der Waals surface area contributed by atoms with Crippen LogP contribution in [-0.4, -0.2) is 13.1 Å². The minimum atomic E-state index is -0.747. The number of carbonyl (C=O) groups excluding carboxylic acids is 1. The van der Waals surface area contributed by atoms with Crippen molar-refractivity contribution in [2.24, 2.45) is 11.1 Å². The molecule has 0 radical (unpaired) electrons. The number of rotatable bonds is 3. The number of esters is 1. The first kappa shape index (κ1) is 15.7. The molecule has 0 spiro atoms. The van der Waals surface area contributed by atoms with Crippen LogP contribution in [0.2, 0.25) is 4.34 Å². The van der Waals surface area contributed by atoms with Gasteiger partial charge in [-0.1, -0.05) is 11.6 Å². The molecule has 0 bridgehead atoms. The molecule has 0 aliphatic heterocycles. The number of halogens is 2. The fourth-order valence-electron chi connectivity index (χ4n) is 1.24. The average molecular weight is 284 g/mol. The Bertz CT molecular complexity index is 365. The van der Waals surface area contributed by atoms with Gasteiger partial charge in [0.15, 0.2) is 0 Å². The number of carbonyl (C=O) groups is 1. The zero-order valence-electron chi connectivity index (χ0n) is 9.32. The van der Waals surface area contributed by atoms with Gasteiger partial charge in [-0.3, -0.25) is 4.79 Å². The summed E-state index contributed by atoms with van der Waals surface area (Å²) in [5.74, 6) is -0.320. The van der Waals surface area contributed by atoms with Gasteiger partial charge in [-0.25, -0.2) is 0 Å². The molecule has 1 aromatic rings. The van der Waals surface area contributed by atoms with Gasteiger partial charge in [-0.2, -0.15) is 0 Å². The number of methoxy groups -OCH3 is 1. The van der Waals surface area contributed by atoms with Crippen molar-refractivity contribution >= 4 is 41.3 Å². The predicted octanol–water partition coefficient (Wildman–Crippen LogP) is 3.02. The Morgan fingerprint density at radius 2 is 2.12 bits per heavy atom. The van der Waals surface area contributed by atoms with Crippen molar-refractivity contribution < 1.29 is 9.53 Å². The fraction of sp³-hybridized carbons (Fsp3) is 0.500. The van der Waals surface area contributed by atoms with Gasteiger partial charge in [-0.15, -0.1) is 23.7 Å². The number of hydrogen-bond acceptors (Lipinski definition) is 4. The first-order chi connectivity index (χ1) is 6.89. The predicted molar refractivity (Wildman–Crippen MR) is 69.3 cm³/mol. The van der Waals surface area contributed by atoms with Crippen LogP contribution in [-0.2, 0) is 9.53 Å². The molecule has 16 heavy (non-hydrogen) atoms. The van der Waals surface area contributed by atoms with Crippen molar-refractivity contribution in [2.75, 3.05) is 7.11 Å². The first-order valence-electron chi connectivity index (χ1n) is 4.49. The molecule has 1 atom stereocenters. The average Bonchev–Trinajstić information content (AvgIpc) is 2.62. The molecule has 1 heterocycles. The smallest absolute Gasteiger partial charge is 0.313 e. The molecule has 0 unspecified atom stereocenters. The van der Waals surface area contributed by atoms with Crippen molar-refractivity contribution in [1.82, 2.24) is 0 Å². The lowest BCUT2D eigenvalue weighted by Gasteiger charge is -2.27. The Balaban J connectivity index is 0.00000225. The van der Waals surface area contributed by atoms with Crippen LogP contribution in [0.1, 0.15) is 24.8 Å². The molecule has 92 valence electrons. The third-order valence-corrected chi connectivity index (χ3v) is 3.70. The second kappa shape index (κ2) is 5.87. The van der Waals surface area contributed by atoms with E-state index in [2.05, 4.69) is 0 Å². The molecule has 1 rings (SSSR count). The van der Waals surface area contributed by atoms with Crippen molar-refractivity contribution in [3.8, 4) is 0 Å². The van der Waals surface area contributed by atoms with E-state index in [4.69, 9.17) is 22.1 Å². The summed E-state index contributed by atoms with van der Waals surface area (Å²) in [5, 5.41) is 0. The van der Waals surface area contributed by atoms with Gasteiger partial charge in [0.25, 0.3) is 0 Å². The molecular formula is C10H15Cl2NO2S. The van der Waals surface area contributed by atoms with Gasteiger partial charge < -0.3 is 10.5 Å². The molecule has 0 saturated carbocycles. The summed E-state index contributed by atoms with van der Waals surface area (Å²) in [4.78, 5) is 12.4. The molecule has 0 aromatic carbocycles. The van der Waals surface area contributed by atoms with E-state index in [1.54, 1.807) is 19.9 Å². The van der Waals surface area contributed by atoms with E-state index in [-0.39, 0.29) is 18.4 Å². The lowest BCUT2D eigenvalue weighted by atomic mass is 9.84. The molecule has 0 aliphatic rings. The van der Waals surface area contributed by atoms with E-state index in [0.717, 1.165) is 4.88 Å². The van der Waals surface area contributed by atoms with Gasteiger partial charge in [0.1, 0.15) is 0 Å². The number of ether oxygens (including phenoxy) is 1. The van der Waals surface area contributed by atoms with Gasteiger partial charge in [0.05, 0.1) is 22.9 Å². The molecule has 1 aromatic heterocycles. The normalized spacial score (nSPS) is 12.8. The van der Waals surface area contributed by atoms with Gasteiger partial charge in [0.2, 0.25) is 0 Å². The van der Waals surface area contributed by atoms with Crippen molar-refractivity contribution in [3.05, 3.63) is 21.3 Å². The van der Waals surface area contributed by atoms with E-state index in [1.807, 2.05) is 6.07 Å². The second-order valence-electron chi connectivity index (χ2n) is 3.83. The van der Waals surface area contributed by atoms with Crippen LogP contribution in [0.3, 0.4) is 0 Å². The highest BCUT2D eigenvalue weighted by Gasteiger charge is 2.37. The maximum atomic E-state index is 11.5. The van der Waals surface area contributed by atoms with Crippen molar-refractivity contribution in [3.63, 3.8) is 0 Å². The van der Waals surface area contributed by atoms with Gasteiger partial charge >= 0.3 is 5.97 Å². The molecule has 0 amide bonds. The van der Waals surface area contributed by atoms with Crippen LogP contribution in [0.5, 0.6) is 0 Å². The highest BCUT2D eigenvalue weighted by molar-refractivity contribution is 7.16. The summed E-state index contributed by atoms with van der Waals surface area (Å²) >= 11 is 7.20. The SMILES string of the molecule is COC(=O)C(C)(C)[C@@H](N)c1ccc(Cl)s1.Cl. The fourth-order valence-corrected chi connectivity index (χ4v) is 2.49. The Morgan fingerprint density at radius 3 is 2.50 bits per heavy atom. The Kier molecular flexibility index (Phi) is 5.76. The van der Waals surface area contributed by atoms with Gasteiger partial charge in [0, 0.05) is 4.88 Å². The van der Waals surface area contributed by atoms with E-state index < -0.39 is 11.5 Å². The van der Waals surface area contributed by atoms with Crippen LogP contribution in [0.25, 0.3) is 0 Å². The van der Waals surface area contributed by atoms with Gasteiger partial charge in [-0.05, 0) is 26.0 Å². The minimum absolute atomic E-state index is 0. The summed E-state index contributed by atoms with van der Waals surface area (Å²) in [6, 6.07) is 3.21. The Hall–Kier alpha value is -0.290. The molecule has 3 nitrogen and oxygen atoms in total. The number of thiophene rings is 1. The van der Waals surface area contributed by atoms with Crippen molar-refractivity contribution in [1.29, 1.82) is 0 Å². The largest absolute Gasteiger partial charge is 0.469 e. The van der Waals surface area contributed by atoms with Crippen LogP contribution in [0.4, 0.5) is 0 Å². The van der Waals surface area contributed by atoms with Crippen LogP contribution < -0.4 is 5.73 Å². The Labute approximate surface area is 110 Å². The standard InChI is InChI=1S/C10H14ClNO2S.ClH/c1-10(2,9(13)14-3)8(12)6-4-5-7(11)15-6;/h4-5,8H,12H2,1-3H3;1H/t8-;/m0./s1. The van der Waals surface area contributed by atoms with E-state index in [1.165, 1.54) is 18.4 Å². The topological polar surface area (TPSA) is 52.3 Å². The number of nitrogens with two attached hydrogens (primary N) is 1. The summed E-state index contributed by atoms with van der Waals surface area (Å²) in [7, 11) is 1.36. The third kappa shape index (κ3) is 3.10. The molecular weight excluding hydrogens is 269 g/mol. The zero-order chi connectivity index (χ0) is 11.6. The summed E-state index contributed by atoms with van der Waals surface area (Å²) < 4.78 is 5.38. The molecule has 0 fully saturated rings. The summed E-state index contributed by atoms with van der Waals surface area (Å²) in [6.45, 7) is 3.52.